The molecule has 160 valence electrons. The van der Waals surface area contributed by atoms with E-state index in [2.05, 4.69) is 5.32 Å². The highest BCUT2D eigenvalue weighted by Crippen LogP contribution is 2.40. The number of hydrogen-bond acceptors (Lipinski definition) is 5. The molecule has 1 saturated heterocycles. The molecule has 3 rings (SSSR count). The van der Waals surface area contributed by atoms with Gasteiger partial charge in [-0.3, -0.25) is 9.69 Å². The molecule has 0 aliphatic carbocycles. The number of carboxylic acid groups (broad SMARTS) is 1. The number of carbonyl (C=O) groups excluding carboxylic acids is 1. The number of hydrogen-bond donors (Lipinski definition) is 2. The maximum Gasteiger partial charge on any atom is 0.408 e. The van der Waals surface area contributed by atoms with E-state index in [9.17, 15) is 14.7 Å². The summed E-state index contributed by atoms with van der Waals surface area (Å²) < 4.78 is 15.7. The molecule has 2 atom stereocenters. The Kier molecular flexibility index (Phi) is 6.56. The van der Waals surface area contributed by atoms with E-state index in [0.29, 0.717) is 40.8 Å². The van der Waals surface area contributed by atoms with Crippen LogP contribution in [0.15, 0.2) is 36.4 Å². The third-order valence-corrected chi connectivity index (χ3v) is 5.43. The predicted octanol–water partition coefficient (Wildman–Crippen LogP) is 4.19. The van der Waals surface area contributed by atoms with Crippen molar-refractivity contribution in [1.82, 2.24) is 4.90 Å². The van der Waals surface area contributed by atoms with Crippen molar-refractivity contribution in [1.29, 1.82) is 0 Å². The van der Waals surface area contributed by atoms with Crippen molar-refractivity contribution in [2.75, 3.05) is 26.6 Å². The largest absolute Gasteiger partial charge is 0.495 e. The molecule has 2 N–H and O–H groups in total. The minimum absolute atomic E-state index is 0.391. The van der Waals surface area contributed by atoms with Crippen LogP contribution in [0.3, 0.4) is 0 Å². The predicted molar refractivity (Wildman–Crippen MR) is 112 cm³/mol. The van der Waals surface area contributed by atoms with Crippen molar-refractivity contribution in [3.8, 4) is 17.2 Å². The standard InChI is InChI=1S/C21H23ClN2O6/c1-28-17-9-4-12(10-19(17)30-3)15-7-8-16(24(15)21(26)27)20(25)23-13-5-6-14(22)18(11-13)29-2/h4-6,9-11,15-16H,7-8H2,1-3H3,(H,23,25)(H,26,27). The number of nitrogens with zero attached hydrogens (tertiary/aromatic N) is 1. The molecule has 0 aromatic heterocycles. The molecule has 9 heteroatoms. The summed E-state index contributed by atoms with van der Waals surface area (Å²) >= 11 is 6.02. The minimum atomic E-state index is -1.17. The van der Waals surface area contributed by atoms with Crippen LogP contribution in [0.1, 0.15) is 24.4 Å². The fourth-order valence-corrected chi connectivity index (χ4v) is 3.88. The SMILES string of the molecule is COc1cc(NC(=O)C2CCC(c3ccc(OC)c(OC)c3)N2C(=O)O)ccc1Cl. The maximum atomic E-state index is 12.9. The number of rotatable bonds is 6. The molecule has 2 aromatic rings. The van der Waals surface area contributed by atoms with E-state index in [1.165, 1.54) is 26.2 Å². The molecule has 2 unspecified atom stereocenters. The number of halogens is 1. The monoisotopic (exact) mass is 434 g/mol. The van der Waals surface area contributed by atoms with Crippen molar-refractivity contribution < 1.29 is 28.9 Å². The second-order valence-corrected chi connectivity index (χ2v) is 7.16. The molecule has 1 aliphatic rings. The molecule has 2 aromatic carbocycles. The van der Waals surface area contributed by atoms with Gasteiger partial charge in [-0.05, 0) is 42.7 Å². The van der Waals surface area contributed by atoms with Gasteiger partial charge < -0.3 is 24.6 Å². The number of likely N-dealkylation sites (tertiary alicyclic amines) is 1. The molecule has 8 nitrogen and oxygen atoms in total. The second-order valence-electron chi connectivity index (χ2n) is 6.75. The van der Waals surface area contributed by atoms with E-state index >= 15 is 0 Å². The Balaban J connectivity index is 1.83. The smallest absolute Gasteiger partial charge is 0.408 e. The lowest BCUT2D eigenvalue weighted by Crippen LogP contribution is -2.43. The van der Waals surface area contributed by atoms with Gasteiger partial charge in [-0.25, -0.2) is 4.79 Å². The zero-order valence-electron chi connectivity index (χ0n) is 16.8. The first-order valence-electron chi connectivity index (χ1n) is 9.27. The van der Waals surface area contributed by atoms with Gasteiger partial charge in [0.2, 0.25) is 5.91 Å². The highest BCUT2D eigenvalue weighted by molar-refractivity contribution is 6.32. The topological polar surface area (TPSA) is 97.3 Å². The number of nitrogens with one attached hydrogen (secondary N) is 1. The lowest BCUT2D eigenvalue weighted by molar-refractivity contribution is -0.120. The van der Waals surface area contributed by atoms with Crippen LogP contribution in [-0.2, 0) is 4.79 Å². The lowest BCUT2D eigenvalue weighted by Gasteiger charge is -2.27. The minimum Gasteiger partial charge on any atom is -0.495 e. The Morgan fingerprint density at radius 3 is 2.33 bits per heavy atom. The number of benzene rings is 2. The van der Waals surface area contributed by atoms with Gasteiger partial charge in [-0.1, -0.05) is 17.7 Å². The van der Waals surface area contributed by atoms with Gasteiger partial charge in [-0.2, -0.15) is 0 Å². The van der Waals surface area contributed by atoms with Crippen LogP contribution in [0.4, 0.5) is 10.5 Å². The number of anilines is 1. The van der Waals surface area contributed by atoms with Gasteiger partial charge in [0.25, 0.3) is 0 Å². The molecule has 1 aliphatic heterocycles. The van der Waals surface area contributed by atoms with Crippen molar-refractivity contribution >= 4 is 29.3 Å². The zero-order chi connectivity index (χ0) is 21.8. The first-order chi connectivity index (χ1) is 14.4. The van der Waals surface area contributed by atoms with Crippen LogP contribution in [0.5, 0.6) is 17.2 Å². The highest BCUT2D eigenvalue weighted by atomic mass is 35.5. The molecular formula is C21H23ClN2O6. The molecule has 1 fully saturated rings. The molecule has 0 bridgehead atoms. The summed E-state index contributed by atoms with van der Waals surface area (Å²) in [6.07, 6.45) is -0.271. The Morgan fingerprint density at radius 2 is 1.70 bits per heavy atom. The van der Waals surface area contributed by atoms with Gasteiger partial charge in [0.1, 0.15) is 11.8 Å². The first-order valence-corrected chi connectivity index (χ1v) is 9.65. The fraction of sp³-hybridized carbons (Fsp3) is 0.333. The molecule has 0 saturated carbocycles. The van der Waals surface area contributed by atoms with Crippen LogP contribution in [0.25, 0.3) is 0 Å². The molecule has 0 spiro atoms. The first kappa shape index (κ1) is 21.6. The summed E-state index contributed by atoms with van der Waals surface area (Å²) in [6.45, 7) is 0. The van der Waals surface area contributed by atoms with E-state index in [0.717, 1.165) is 5.56 Å². The Hall–Kier alpha value is -3.13. The normalized spacial score (nSPS) is 18.1. The number of carbonyl (C=O) groups is 2. The molecule has 0 radical (unpaired) electrons. The molecular weight excluding hydrogens is 412 g/mol. The van der Waals surface area contributed by atoms with Gasteiger partial charge in [-0.15, -0.1) is 0 Å². The van der Waals surface area contributed by atoms with Crippen molar-refractivity contribution in [2.24, 2.45) is 0 Å². The lowest BCUT2D eigenvalue weighted by atomic mass is 10.0. The molecule has 2 amide bonds. The Labute approximate surface area is 179 Å². The summed E-state index contributed by atoms with van der Waals surface area (Å²) in [6, 6.07) is 8.77. The average molecular weight is 435 g/mol. The van der Waals surface area contributed by atoms with Gasteiger partial charge in [0.05, 0.1) is 32.4 Å². The Morgan fingerprint density at radius 1 is 1.00 bits per heavy atom. The molecule has 1 heterocycles. The van der Waals surface area contributed by atoms with Crippen molar-refractivity contribution in [3.63, 3.8) is 0 Å². The van der Waals surface area contributed by atoms with Gasteiger partial charge >= 0.3 is 6.09 Å². The van der Waals surface area contributed by atoms with Crippen LogP contribution < -0.4 is 19.5 Å². The van der Waals surface area contributed by atoms with Crippen LogP contribution in [-0.4, -0.2) is 49.4 Å². The quantitative estimate of drug-likeness (QED) is 0.707. The Bertz CT molecular complexity index is 951. The number of methoxy groups -OCH3 is 3. The zero-order valence-corrected chi connectivity index (χ0v) is 17.6. The summed E-state index contributed by atoms with van der Waals surface area (Å²) in [5, 5.41) is 13.0. The highest BCUT2D eigenvalue weighted by Gasteiger charge is 2.42. The second kappa shape index (κ2) is 9.13. The van der Waals surface area contributed by atoms with E-state index in [1.807, 2.05) is 0 Å². The summed E-state index contributed by atoms with van der Waals surface area (Å²) in [5.74, 6) is 1.05. The third kappa shape index (κ3) is 4.23. The van der Waals surface area contributed by atoms with E-state index in [4.69, 9.17) is 25.8 Å². The van der Waals surface area contributed by atoms with Crippen LogP contribution in [0.2, 0.25) is 5.02 Å². The van der Waals surface area contributed by atoms with E-state index in [1.54, 1.807) is 36.4 Å². The van der Waals surface area contributed by atoms with Crippen LogP contribution in [0, 0.1) is 0 Å². The summed E-state index contributed by atoms with van der Waals surface area (Å²) in [5.41, 5.74) is 1.21. The van der Waals surface area contributed by atoms with Crippen molar-refractivity contribution in [2.45, 2.75) is 24.9 Å². The van der Waals surface area contributed by atoms with Crippen LogP contribution >= 0.6 is 11.6 Å². The van der Waals surface area contributed by atoms with Crippen molar-refractivity contribution in [3.05, 3.63) is 47.0 Å². The van der Waals surface area contributed by atoms with E-state index in [-0.39, 0.29) is 0 Å². The fourth-order valence-electron chi connectivity index (χ4n) is 3.69. The maximum absolute atomic E-state index is 12.9. The number of amides is 2. The van der Waals surface area contributed by atoms with E-state index < -0.39 is 24.1 Å². The summed E-state index contributed by atoms with van der Waals surface area (Å²) in [4.78, 5) is 26.1. The summed E-state index contributed by atoms with van der Waals surface area (Å²) in [7, 11) is 4.52. The number of ether oxygens (including phenoxy) is 3. The average Bonchev–Trinajstić information content (AvgIpc) is 3.20. The molecule has 30 heavy (non-hydrogen) atoms. The van der Waals surface area contributed by atoms with Gasteiger partial charge in [0.15, 0.2) is 11.5 Å². The van der Waals surface area contributed by atoms with Gasteiger partial charge in [0, 0.05) is 11.8 Å². The third-order valence-electron chi connectivity index (χ3n) is 5.12.